The molecule has 0 aliphatic heterocycles. The first-order chi connectivity index (χ1) is 14.5. The summed E-state index contributed by atoms with van der Waals surface area (Å²) in [6.07, 6.45) is 0. The van der Waals surface area contributed by atoms with E-state index in [0.717, 1.165) is 10.1 Å². The number of benzene rings is 3. The number of carbonyl (C=O) groups excluding carboxylic acids is 1. The van der Waals surface area contributed by atoms with Crippen molar-refractivity contribution in [3.8, 4) is 5.69 Å². The van der Waals surface area contributed by atoms with Gasteiger partial charge < -0.3 is 5.11 Å². The molecule has 0 radical (unpaired) electrons. The number of hydrogen-bond acceptors (Lipinski definition) is 4. The SMILES string of the molecule is O=C(CO)c1ccc(Cn2c(=O)n(-c3ccc(F)cc3)c(=O)c3ccccc32)cc1. The maximum Gasteiger partial charge on any atom is 0.336 e. The van der Waals surface area contributed by atoms with Gasteiger partial charge in [-0.05, 0) is 42.0 Å². The average molecular weight is 404 g/mol. The average Bonchev–Trinajstić information content (AvgIpc) is 2.78. The van der Waals surface area contributed by atoms with Crippen LogP contribution in [0.15, 0.2) is 82.4 Å². The normalized spacial score (nSPS) is 11.0. The number of aromatic nitrogens is 2. The van der Waals surface area contributed by atoms with Gasteiger partial charge in [0.05, 0.1) is 23.1 Å². The van der Waals surface area contributed by atoms with Gasteiger partial charge in [0, 0.05) is 5.56 Å². The highest BCUT2D eigenvalue weighted by Crippen LogP contribution is 2.13. The van der Waals surface area contributed by atoms with Gasteiger partial charge in [0.2, 0.25) is 0 Å². The molecule has 0 bridgehead atoms. The monoisotopic (exact) mass is 404 g/mol. The number of hydrogen-bond donors (Lipinski definition) is 1. The number of aliphatic hydroxyl groups is 1. The Kier molecular flexibility index (Phi) is 5.12. The largest absolute Gasteiger partial charge is 0.388 e. The predicted molar refractivity (Wildman–Crippen MR) is 111 cm³/mol. The number of para-hydroxylation sites is 1. The summed E-state index contributed by atoms with van der Waals surface area (Å²) >= 11 is 0. The standard InChI is InChI=1S/C23H17FN2O4/c24-17-9-11-18(12-10-17)26-22(29)19-3-1-2-4-20(19)25(23(26)30)13-15-5-7-16(8-6-15)21(28)14-27/h1-12,27H,13-14H2. The topological polar surface area (TPSA) is 81.3 Å². The number of halogens is 1. The fraction of sp³-hybridized carbons (Fsp3) is 0.0870. The summed E-state index contributed by atoms with van der Waals surface area (Å²) in [4.78, 5) is 37.9. The van der Waals surface area contributed by atoms with Crippen molar-refractivity contribution in [1.29, 1.82) is 0 Å². The van der Waals surface area contributed by atoms with Crippen LogP contribution in [0.5, 0.6) is 0 Å². The minimum Gasteiger partial charge on any atom is -0.388 e. The summed E-state index contributed by atoms with van der Waals surface area (Å²) in [5.74, 6) is -0.862. The molecule has 4 rings (SSSR count). The fourth-order valence-electron chi connectivity index (χ4n) is 3.36. The molecule has 30 heavy (non-hydrogen) atoms. The zero-order valence-corrected chi connectivity index (χ0v) is 15.8. The lowest BCUT2D eigenvalue weighted by atomic mass is 10.1. The Morgan fingerprint density at radius 1 is 0.900 bits per heavy atom. The van der Waals surface area contributed by atoms with E-state index in [1.54, 1.807) is 48.5 Å². The minimum atomic E-state index is -0.577. The van der Waals surface area contributed by atoms with Crippen molar-refractivity contribution in [2.75, 3.05) is 6.61 Å². The van der Waals surface area contributed by atoms with E-state index < -0.39 is 29.5 Å². The Bertz CT molecular complexity index is 1350. The lowest BCUT2D eigenvalue weighted by Gasteiger charge is -2.14. The molecule has 0 saturated carbocycles. The Morgan fingerprint density at radius 3 is 2.23 bits per heavy atom. The lowest BCUT2D eigenvalue weighted by molar-refractivity contribution is 0.0903. The third kappa shape index (κ3) is 3.46. The first-order valence-corrected chi connectivity index (χ1v) is 9.23. The second kappa shape index (κ2) is 7.88. The summed E-state index contributed by atoms with van der Waals surface area (Å²) in [6.45, 7) is -0.416. The molecule has 1 heterocycles. The van der Waals surface area contributed by atoms with E-state index in [0.29, 0.717) is 16.5 Å². The molecule has 6 nitrogen and oxygen atoms in total. The van der Waals surface area contributed by atoms with Gasteiger partial charge in [0.15, 0.2) is 5.78 Å². The van der Waals surface area contributed by atoms with Crippen LogP contribution in [0.1, 0.15) is 15.9 Å². The summed E-state index contributed by atoms with van der Waals surface area (Å²) < 4.78 is 15.8. The molecule has 0 unspecified atom stereocenters. The highest BCUT2D eigenvalue weighted by molar-refractivity contribution is 5.96. The van der Waals surface area contributed by atoms with Crippen LogP contribution in [-0.2, 0) is 6.54 Å². The van der Waals surface area contributed by atoms with Gasteiger partial charge in [0.25, 0.3) is 5.56 Å². The van der Waals surface area contributed by atoms with Crippen molar-refractivity contribution in [3.63, 3.8) is 0 Å². The number of ketones is 1. The van der Waals surface area contributed by atoms with Crippen molar-refractivity contribution in [3.05, 3.63) is 111 Å². The molecule has 1 aromatic heterocycles. The van der Waals surface area contributed by atoms with E-state index in [1.807, 2.05) is 0 Å². The van der Waals surface area contributed by atoms with E-state index in [4.69, 9.17) is 5.11 Å². The highest BCUT2D eigenvalue weighted by Gasteiger charge is 2.15. The Hall–Kier alpha value is -3.84. The lowest BCUT2D eigenvalue weighted by Crippen LogP contribution is -2.39. The summed E-state index contributed by atoms with van der Waals surface area (Å²) in [5, 5.41) is 9.33. The number of aliphatic hydroxyl groups excluding tert-OH is 1. The molecule has 150 valence electrons. The quantitative estimate of drug-likeness (QED) is 0.519. The van der Waals surface area contributed by atoms with E-state index in [1.165, 1.54) is 28.8 Å². The first kappa shape index (κ1) is 19.5. The van der Waals surface area contributed by atoms with Crippen LogP contribution in [0.25, 0.3) is 16.6 Å². The van der Waals surface area contributed by atoms with Crippen LogP contribution in [0.2, 0.25) is 0 Å². The summed E-state index contributed by atoms with van der Waals surface area (Å²) in [6, 6.07) is 18.5. The molecule has 0 spiro atoms. The molecule has 4 aromatic rings. The maximum absolute atomic E-state index is 13.3. The van der Waals surface area contributed by atoms with Gasteiger partial charge in [-0.1, -0.05) is 36.4 Å². The van der Waals surface area contributed by atoms with Crippen LogP contribution in [0.4, 0.5) is 4.39 Å². The van der Waals surface area contributed by atoms with Gasteiger partial charge in [-0.25, -0.2) is 13.8 Å². The van der Waals surface area contributed by atoms with E-state index >= 15 is 0 Å². The van der Waals surface area contributed by atoms with Crippen molar-refractivity contribution in [2.45, 2.75) is 6.54 Å². The van der Waals surface area contributed by atoms with E-state index in [-0.39, 0.29) is 12.2 Å². The zero-order valence-electron chi connectivity index (χ0n) is 15.8. The summed E-state index contributed by atoms with van der Waals surface area (Å²) in [5.41, 5.74) is 0.815. The van der Waals surface area contributed by atoms with Gasteiger partial charge in [-0.2, -0.15) is 0 Å². The molecular formula is C23H17FN2O4. The predicted octanol–water partition coefficient (Wildman–Crippen LogP) is 2.51. The summed E-state index contributed by atoms with van der Waals surface area (Å²) in [7, 11) is 0. The zero-order chi connectivity index (χ0) is 21.3. The van der Waals surface area contributed by atoms with Crippen LogP contribution in [-0.4, -0.2) is 26.6 Å². The number of carbonyl (C=O) groups is 1. The maximum atomic E-state index is 13.3. The Balaban J connectivity index is 1.89. The molecule has 0 amide bonds. The van der Waals surface area contributed by atoms with Crippen molar-refractivity contribution < 1.29 is 14.3 Å². The van der Waals surface area contributed by atoms with Crippen molar-refractivity contribution in [2.24, 2.45) is 0 Å². The molecule has 0 atom stereocenters. The van der Waals surface area contributed by atoms with Gasteiger partial charge in [0.1, 0.15) is 12.4 Å². The molecule has 7 heteroatoms. The first-order valence-electron chi connectivity index (χ1n) is 9.23. The Labute approximate surface area is 170 Å². The molecular weight excluding hydrogens is 387 g/mol. The number of nitrogens with zero attached hydrogens (tertiary/aromatic N) is 2. The Morgan fingerprint density at radius 2 is 1.57 bits per heavy atom. The van der Waals surface area contributed by atoms with Gasteiger partial charge >= 0.3 is 5.69 Å². The number of rotatable bonds is 5. The molecule has 3 aromatic carbocycles. The second-order valence-corrected chi connectivity index (χ2v) is 6.78. The van der Waals surface area contributed by atoms with Crippen LogP contribution in [0, 0.1) is 5.82 Å². The van der Waals surface area contributed by atoms with E-state index in [9.17, 15) is 18.8 Å². The number of Topliss-reactive ketones (excluding diaryl/α,β-unsaturated/α-hetero) is 1. The van der Waals surface area contributed by atoms with Crippen molar-refractivity contribution in [1.82, 2.24) is 9.13 Å². The van der Waals surface area contributed by atoms with Gasteiger partial charge in [-0.15, -0.1) is 0 Å². The van der Waals surface area contributed by atoms with Crippen LogP contribution >= 0.6 is 0 Å². The highest BCUT2D eigenvalue weighted by atomic mass is 19.1. The molecule has 1 N–H and O–H groups in total. The molecule has 0 aliphatic carbocycles. The molecule has 0 fully saturated rings. The molecule has 0 aliphatic rings. The second-order valence-electron chi connectivity index (χ2n) is 6.78. The minimum absolute atomic E-state index is 0.161. The van der Waals surface area contributed by atoms with E-state index in [2.05, 4.69) is 0 Å². The van der Waals surface area contributed by atoms with Crippen molar-refractivity contribution >= 4 is 16.7 Å². The van der Waals surface area contributed by atoms with Crippen LogP contribution in [0.3, 0.4) is 0 Å². The van der Waals surface area contributed by atoms with Gasteiger partial charge in [-0.3, -0.25) is 14.2 Å². The third-order valence-electron chi connectivity index (χ3n) is 4.90. The number of fused-ring (bicyclic) bond motifs is 1. The smallest absolute Gasteiger partial charge is 0.336 e. The third-order valence-corrected chi connectivity index (χ3v) is 4.90. The molecule has 0 saturated heterocycles. The van der Waals surface area contributed by atoms with Crippen LogP contribution < -0.4 is 11.2 Å². The fourth-order valence-corrected chi connectivity index (χ4v) is 3.36.